The Labute approximate surface area is 80.0 Å². The van der Waals surface area contributed by atoms with Gasteiger partial charge < -0.3 is 0 Å². The second-order valence-electron chi connectivity index (χ2n) is 3.40. The van der Waals surface area contributed by atoms with Crippen LogP contribution in [0.3, 0.4) is 0 Å². The first-order valence-corrected chi connectivity index (χ1v) is 4.66. The van der Waals surface area contributed by atoms with Crippen LogP contribution >= 0.6 is 0 Å². The van der Waals surface area contributed by atoms with E-state index in [-0.39, 0.29) is 5.92 Å². The number of hydrogen-bond donors (Lipinski definition) is 0. The van der Waals surface area contributed by atoms with Gasteiger partial charge in [-0.05, 0) is 37.0 Å². The van der Waals surface area contributed by atoms with E-state index in [2.05, 4.69) is 39.0 Å². The fraction of sp³-hybridized carbons (Fsp3) is 0.417. The van der Waals surface area contributed by atoms with Crippen LogP contribution in [-0.2, 0) is 0 Å². The van der Waals surface area contributed by atoms with E-state index in [1.807, 2.05) is 6.07 Å². The van der Waals surface area contributed by atoms with Crippen molar-refractivity contribution in [2.24, 2.45) is 0 Å². The second-order valence-corrected chi connectivity index (χ2v) is 3.40. The van der Waals surface area contributed by atoms with Crippen molar-refractivity contribution in [2.75, 3.05) is 0 Å². The minimum atomic E-state index is 0.0567. The van der Waals surface area contributed by atoms with Crippen molar-refractivity contribution in [1.29, 1.82) is 5.26 Å². The third-order valence-electron chi connectivity index (χ3n) is 2.45. The zero-order valence-corrected chi connectivity index (χ0v) is 8.46. The summed E-state index contributed by atoms with van der Waals surface area (Å²) in [4.78, 5) is 0. The molecule has 1 heteroatoms. The summed E-state index contributed by atoms with van der Waals surface area (Å²) in [6.07, 6.45) is 0.891. The topological polar surface area (TPSA) is 23.8 Å². The molecule has 0 aliphatic heterocycles. The molecule has 0 spiro atoms. The molecule has 0 bridgehead atoms. The van der Waals surface area contributed by atoms with Crippen LogP contribution in [0.25, 0.3) is 0 Å². The summed E-state index contributed by atoms with van der Waals surface area (Å²) in [5, 5.41) is 8.98. The third-order valence-corrected chi connectivity index (χ3v) is 2.45. The Kier molecular flexibility index (Phi) is 3.08. The van der Waals surface area contributed by atoms with Gasteiger partial charge in [0.15, 0.2) is 0 Å². The predicted octanol–water partition coefficient (Wildman–Crippen LogP) is 3.32. The molecular formula is C12H15N. The van der Waals surface area contributed by atoms with E-state index in [0.717, 1.165) is 6.42 Å². The molecule has 68 valence electrons. The molecular weight excluding hydrogens is 158 g/mol. The number of rotatable bonds is 2. The zero-order valence-electron chi connectivity index (χ0n) is 8.46. The largest absolute Gasteiger partial charge is 0.198 e. The van der Waals surface area contributed by atoms with Crippen molar-refractivity contribution in [2.45, 2.75) is 33.1 Å². The summed E-state index contributed by atoms with van der Waals surface area (Å²) in [5.41, 5.74) is 3.68. The van der Waals surface area contributed by atoms with Crippen LogP contribution in [0.4, 0.5) is 0 Å². The third kappa shape index (κ3) is 1.89. The molecule has 1 rings (SSSR count). The lowest BCUT2D eigenvalue weighted by atomic mass is 9.90. The lowest BCUT2D eigenvalue weighted by Crippen LogP contribution is -1.99. The van der Waals surface area contributed by atoms with Crippen LogP contribution in [0.15, 0.2) is 18.2 Å². The Morgan fingerprint density at radius 1 is 1.31 bits per heavy atom. The molecule has 0 aliphatic carbocycles. The molecule has 0 saturated carbocycles. The van der Waals surface area contributed by atoms with Crippen LogP contribution in [0.5, 0.6) is 0 Å². The number of hydrogen-bond acceptors (Lipinski definition) is 1. The van der Waals surface area contributed by atoms with Crippen LogP contribution < -0.4 is 0 Å². The molecule has 0 saturated heterocycles. The van der Waals surface area contributed by atoms with Crippen molar-refractivity contribution in [1.82, 2.24) is 0 Å². The Bertz CT molecular complexity index is 313. The van der Waals surface area contributed by atoms with Crippen molar-refractivity contribution < 1.29 is 0 Å². The predicted molar refractivity (Wildman–Crippen MR) is 54.6 cm³/mol. The smallest absolute Gasteiger partial charge is 0.0715 e. The molecule has 0 radical (unpaired) electrons. The summed E-state index contributed by atoms with van der Waals surface area (Å²) < 4.78 is 0. The lowest BCUT2D eigenvalue weighted by molar-refractivity contribution is 0.804. The quantitative estimate of drug-likeness (QED) is 0.673. The van der Waals surface area contributed by atoms with Crippen molar-refractivity contribution in [3.05, 3.63) is 34.9 Å². The summed E-state index contributed by atoms with van der Waals surface area (Å²) >= 11 is 0. The van der Waals surface area contributed by atoms with Crippen LogP contribution in [0.2, 0.25) is 0 Å². The van der Waals surface area contributed by atoms with Crippen LogP contribution in [0, 0.1) is 25.2 Å². The lowest BCUT2D eigenvalue weighted by Gasteiger charge is -2.13. The Balaban J connectivity index is 3.20. The number of nitriles is 1. The van der Waals surface area contributed by atoms with E-state index in [0.29, 0.717) is 0 Å². The monoisotopic (exact) mass is 173 g/mol. The first kappa shape index (κ1) is 9.80. The fourth-order valence-corrected chi connectivity index (χ4v) is 1.74. The highest BCUT2D eigenvalue weighted by molar-refractivity contribution is 5.39. The van der Waals surface area contributed by atoms with Gasteiger partial charge in [-0.3, -0.25) is 0 Å². The van der Waals surface area contributed by atoms with Crippen molar-refractivity contribution in [3.8, 4) is 6.07 Å². The van der Waals surface area contributed by atoms with Gasteiger partial charge in [0, 0.05) is 0 Å². The van der Waals surface area contributed by atoms with Gasteiger partial charge in [-0.2, -0.15) is 5.26 Å². The van der Waals surface area contributed by atoms with Gasteiger partial charge in [0.05, 0.1) is 12.0 Å². The van der Waals surface area contributed by atoms with E-state index >= 15 is 0 Å². The molecule has 0 heterocycles. The Morgan fingerprint density at radius 2 is 1.85 bits per heavy atom. The maximum atomic E-state index is 8.98. The molecule has 1 aromatic carbocycles. The number of benzene rings is 1. The molecule has 0 fully saturated rings. The summed E-state index contributed by atoms with van der Waals surface area (Å²) in [6.45, 7) is 6.20. The van der Waals surface area contributed by atoms with E-state index in [1.165, 1.54) is 16.7 Å². The van der Waals surface area contributed by atoms with E-state index in [9.17, 15) is 0 Å². The molecule has 0 aliphatic rings. The highest BCUT2D eigenvalue weighted by Gasteiger charge is 2.12. The highest BCUT2D eigenvalue weighted by Crippen LogP contribution is 2.25. The summed E-state index contributed by atoms with van der Waals surface area (Å²) in [5.74, 6) is 0.0567. The fourth-order valence-electron chi connectivity index (χ4n) is 1.74. The van der Waals surface area contributed by atoms with Gasteiger partial charge in [-0.1, -0.05) is 25.1 Å². The van der Waals surface area contributed by atoms with E-state index < -0.39 is 0 Å². The molecule has 1 atom stereocenters. The van der Waals surface area contributed by atoms with Gasteiger partial charge in [0.25, 0.3) is 0 Å². The molecule has 13 heavy (non-hydrogen) atoms. The molecule has 0 N–H and O–H groups in total. The zero-order chi connectivity index (χ0) is 9.84. The van der Waals surface area contributed by atoms with Gasteiger partial charge in [-0.15, -0.1) is 0 Å². The summed E-state index contributed by atoms with van der Waals surface area (Å²) in [6, 6.07) is 8.53. The van der Waals surface area contributed by atoms with Crippen LogP contribution in [0.1, 0.15) is 36.0 Å². The standard InChI is InChI=1S/C12H15N/c1-4-11(8-13)12-9(2)6-5-7-10(12)3/h5-7,11H,4H2,1-3H3. The SMILES string of the molecule is CCC(C#N)c1c(C)cccc1C. The van der Waals surface area contributed by atoms with Gasteiger partial charge in [0.1, 0.15) is 0 Å². The Morgan fingerprint density at radius 3 is 2.23 bits per heavy atom. The Hall–Kier alpha value is -1.29. The maximum absolute atomic E-state index is 8.98. The average Bonchev–Trinajstić information content (AvgIpc) is 2.11. The second kappa shape index (κ2) is 4.09. The van der Waals surface area contributed by atoms with Gasteiger partial charge in [0.2, 0.25) is 0 Å². The van der Waals surface area contributed by atoms with Crippen molar-refractivity contribution >= 4 is 0 Å². The minimum Gasteiger partial charge on any atom is -0.198 e. The number of nitrogens with zero attached hydrogens (tertiary/aromatic N) is 1. The van der Waals surface area contributed by atoms with Gasteiger partial charge in [-0.25, -0.2) is 0 Å². The molecule has 1 unspecified atom stereocenters. The maximum Gasteiger partial charge on any atom is 0.0715 e. The molecule has 1 nitrogen and oxygen atoms in total. The number of aryl methyl sites for hydroxylation is 2. The van der Waals surface area contributed by atoms with Crippen LogP contribution in [-0.4, -0.2) is 0 Å². The highest BCUT2D eigenvalue weighted by atomic mass is 14.3. The normalized spacial score (nSPS) is 12.2. The molecule has 0 aromatic heterocycles. The molecule has 1 aromatic rings. The minimum absolute atomic E-state index is 0.0567. The first-order chi connectivity index (χ1) is 6.20. The van der Waals surface area contributed by atoms with Crippen molar-refractivity contribution in [3.63, 3.8) is 0 Å². The van der Waals surface area contributed by atoms with E-state index in [4.69, 9.17) is 5.26 Å². The molecule has 0 amide bonds. The average molecular weight is 173 g/mol. The first-order valence-electron chi connectivity index (χ1n) is 4.66. The van der Waals surface area contributed by atoms with Gasteiger partial charge >= 0.3 is 0 Å². The summed E-state index contributed by atoms with van der Waals surface area (Å²) in [7, 11) is 0. The van der Waals surface area contributed by atoms with E-state index in [1.54, 1.807) is 0 Å².